The zero-order valence-electron chi connectivity index (χ0n) is 14.2. The van der Waals surface area contributed by atoms with Crippen LogP contribution >= 0.6 is 0 Å². The normalized spacial score (nSPS) is 12.4. The van der Waals surface area contributed by atoms with E-state index in [4.69, 9.17) is 4.42 Å². The third-order valence-corrected chi connectivity index (χ3v) is 4.22. The quantitative estimate of drug-likeness (QED) is 0.598. The predicted octanol–water partition coefficient (Wildman–Crippen LogP) is 4.04. The summed E-state index contributed by atoms with van der Waals surface area (Å²) in [6.45, 7) is 4.11. The highest BCUT2D eigenvalue weighted by atomic mass is 16.3. The summed E-state index contributed by atoms with van der Waals surface area (Å²) in [5.41, 5.74) is 4.94. The van der Waals surface area contributed by atoms with Crippen molar-refractivity contribution in [2.24, 2.45) is 0 Å². The van der Waals surface area contributed by atoms with Crippen molar-refractivity contribution < 1.29 is 4.42 Å². The van der Waals surface area contributed by atoms with Gasteiger partial charge in [-0.3, -0.25) is 5.10 Å². The zero-order valence-corrected chi connectivity index (χ0v) is 14.2. The lowest BCUT2D eigenvalue weighted by Crippen LogP contribution is -2.09. The largest absolute Gasteiger partial charge is 0.464 e. The van der Waals surface area contributed by atoms with E-state index in [1.54, 1.807) is 6.26 Å². The van der Waals surface area contributed by atoms with Crippen LogP contribution in [-0.4, -0.2) is 25.2 Å². The van der Waals surface area contributed by atoms with Crippen LogP contribution in [0.25, 0.3) is 22.6 Å². The van der Waals surface area contributed by atoms with Crippen molar-refractivity contribution in [3.05, 3.63) is 66.3 Å². The highest BCUT2D eigenvalue weighted by Crippen LogP contribution is 2.31. The molecule has 6 heteroatoms. The smallest absolute Gasteiger partial charge is 0.134 e. The second-order valence-electron chi connectivity index (χ2n) is 6.20. The van der Waals surface area contributed by atoms with E-state index < -0.39 is 0 Å². The molecule has 1 unspecified atom stereocenters. The van der Waals surface area contributed by atoms with Gasteiger partial charge in [0.2, 0.25) is 0 Å². The Balaban J connectivity index is 1.62. The van der Waals surface area contributed by atoms with Gasteiger partial charge in [0, 0.05) is 23.2 Å². The van der Waals surface area contributed by atoms with Crippen molar-refractivity contribution in [3.63, 3.8) is 0 Å². The van der Waals surface area contributed by atoms with Gasteiger partial charge in [0.05, 0.1) is 24.2 Å². The maximum absolute atomic E-state index is 5.55. The second-order valence-corrected chi connectivity index (χ2v) is 6.20. The summed E-state index contributed by atoms with van der Waals surface area (Å²) in [5, 5.41) is 16.0. The Morgan fingerprint density at radius 3 is 2.72 bits per heavy atom. The Bertz CT molecular complexity index is 967. The average Bonchev–Trinajstić information content (AvgIpc) is 3.37. The lowest BCUT2D eigenvalue weighted by molar-refractivity contribution is 0.470. The van der Waals surface area contributed by atoms with Crippen LogP contribution in [0.5, 0.6) is 0 Å². The van der Waals surface area contributed by atoms with Crippen molar-refractivity contribution in [2.75, 3.05) is 0 Å². The topological polar surface area (TPSA) is 72.5 Å². The van der Waals surface area contributed by atoms with Crippen LogP contribution in [0.1, 0.15) is 24.4 Å². The number of aromatic amines is 1. The lowest BCUT2D eigenvalue weighted by atomic mass is 10.0. The number of H-pyrrole nitrogens is 1. The third kappa shape index (κ3) is 3.10. The molecule has 0 saturated carbocycles. The maximum atomic E-state index is 5.55. The van der Waals surface area contributed by atoms with Crippen LogP contribution in [0, 0.1) is 6.92 Å². The number of aromatic nitrogens is 5. The number of furan rings is 1. The van der Waals surface area contributed by atoms with E-state index in [1.807, 2.05) is 54.2 Å². The maximum Gasteiger partial charge on any atom is 0.134 e. The monoisotopic (exact) mass is 333 g/mol. The van der Waals surface area contributed by atoms with Gasteiger partial charge in [-0.05, 0) is 32.0 Å². The minimum Gasteiger partial charge on any atom is -0.464 e. The van der Waals surface area contributed by atoms with Crippen molar-refractivity contribution in [2.45, 2.75) is 26.3 Å². The van der Waals surface area contributed by atoms with E-state index in [1.165, 1.54) is 0 Å². The van der Waals surface area contributed by atoms with E-state index in [2.05, 4.69) is 33.5 Å². The first-order valence-corrected chi connectivity index (χ1v) is 8.26. The fourth-order valence-corrected chi connectivity index (χ4v) is 2.94. The third-order valence-electron chi connectivity index (χ3n) is 4.22. The van der Waals surface area contributed by atoms with Crippen LogP contribution in [0.2, 0.25) is 0 Å². The van der Waals surface area contributed by atoms with Crippen LogP contribution in [0.15, 0.2) is 59.3 Å². The number of nitrogens with one attached hydrogen (secondary N) is 1. The van der Waals surface area contributed by atoms with Gasteiger partial charge < -0.3 is 4.42 Å². The number of aryl methyl sites for hydroxylation is 1. The molecule has 4 aromatic rings. The molecule has 0 fully saturated rings. The molecule has 4 rings (SSSR count). The molecular formula is C19H19N5O. The minimum atomic E-state index is 0.166. The molecule has 0 saturated heterocycles. The average molecular weight is 333 g/mol. The highest BCUT2D eigenvalue weighted by Gasteiger charge is 2.15. The summed E-state index contributed by atoms with van der Waals surface area (Å²) < 4.78 is 7.44. The molecule has 25 heavy (non-hydrogen) atoms. The van der Waals surface area contributed by atoms with Crippen LogP contribution in [0.3, 0.4) is 0 Å². The van der Waals surface area contributed by atoms with Gasteiger partial charge in [-0.15, -0.1) is 5.10 Å². The molecule has 0 aliphatic heterocycles. The van der Waals surface area contributed by atoms with Gasteiger partial charge in [0.15, 0.2) is 0 Å². The fourth-order valence-electron chi connectivity index (χ4n) is 2.94. The molecule has 0 amide bonds. The second kappa shape index (κ2) is 6.39. The summed E-state index contributed by atoms with van der Waals surface area (Å²) in [7, 11) is 0. The van der Waals surface area contributed by atoms with Gasteiger partial charge in [-0.2, -0.15) is 5.10 Å². The van der Waals surface area contributed by atoms with Crippen molar-refractivity contribution in [1.29, 1.82) is 0 Å². The summed E-state index contributed by atoms with van der Waals surface area (Å²) in [4.78, 5) is 0. The number of hydrogen-bond acceptors (Lipinski definition) is 4. The summed E-state index contributed by atoms with van der Waals surface area (Å²) in [6.07, 6.45) is 4.45. The highest BCUT2D eigenvalue weighted by molar-refractivity contribution is 5.78. The molecular weight excluding hydrogens is 314 g/mol. The van der Waals surface area contributed by atoms with E-state index in [0.717, 1.165) is 40.4 Å². The molecule has 0 spiro atoms. The standard InChI is InChI=1S/C19H19N5O/c1-13-10-15(21-20-13)11-14(2)24-12-18(22-23-24)16-6-3-4-7-17(16)19-8-5-9-25-19/h3-10,12,14H,11H2,1-2H3,(H,20,21). The van der Waals surface area contributed by atoms with Crippen molar-refractivity contribution in [3.8, 4) is 22.6 Å². The molecule has 1 atom stereocenters. The molecule has 126 valence electrons. The Labute approximate surface area is 145 Å². The van der Waals surface area contributed by atoms with Crippen molar-refractivity contribution in [1.82, 2.24) is 25.2 Å². The molecule has 6 nitrogen and oxygen atoms in total. The fraction of sp³-hybridized carbons (Fsp3) is 0.211. The Hall–Kier alpha value is -3.15. The van der Waals surface area contributed by atoms with Gasteiger partial charge in [-0.25, -0.2) is 4.68 Å². The van der Waals surface area contributed by atoms with Crippen LogP contribution in [0.4, 0.5) is 0 Å². The van der Waals surface area contributed by atoms with Crippen molar-refractivity contribution >= 4 is 0 Å². The van der Waals surface area contributed by atoms with E-state index in [0.29, 0.717) is 0 Å². The zero-order chi connectivity index (χ0) is 17.2. The Morgan fingerprint density at radius 2 is 2.00 bits per heavy atom. The van der Waals surface area contributed by atoms with E-state index in [-0.39, 0.29) is 6.04 Å². The molecule has 0 aliphatic carbocycles. The van der Waals surface area contributed by atoms with Gasteiger partial charge >= 0.3 is 0 Å². The van der Waals surface area contributed by atoms with E-state index >= 15 is 0 Å². The molecule has 1 N–H and O–H groups in total. The summed E-state index contributed by atoms with van der Waals surface area (Å²) in [6, 6.07) is 14.1. The predicted molar refractivity (Wildman–Crippen MR) is 94.9 cm³/mol. The number of rotatable bonds is 5. The minimum absolute atomic E-state index is 0.166. The van der Waals surface area contributed by atoms with Crippen LogP contribution in [-0.2, 0) is 6.42 Å². The molecule has 3 heterocycles. The first-order valence-electron chi connectivity index (χ1n) is 8.26. The number of benzene rings is 1. The Morgan fingerprint density at radius 1 is 1.16 bits per heavy atom. The SMILES string of the molecule is Cc1cc(CC(C)n2cc(-c3ccccc3-c3ccco3)nn2)n[nH]1. The molecule has 0 aliphatic rings. The van der Waals surface area contributed by atoms with Gasteiger partial charge in [-0.1, -0.05) is 29.5 Å². The number of nitrogens with zero attached hydrogens (tertiary/aromatic N) is 4. The van der Waals surface area contributed by atoms with Crippen LogP contribution < -0.4 is 0 Å². The number of hydrogen-bond donors (Lipinski definition) is 1. The summed E-state index contributed by atoms with van der Waals surface area (Å²) in [5.74, 6) is 0.824. The molecule has 1 aromatic carbocycles. The molecule has 0 bridgehead atoms. The first-order chi connectivity index (χ1) is 12.2. The summed E-state index contributed by atoms with van der Waals surface area (Å²) >= 11 is 0. The van der Waals surface area contributed by atoms with E-state index in [9.17, 15) is 0 Å². The Kier molecular flexibility index (Phi) is 3.93. The first kappa shape index (κ1) is 15.4. The lowest BCUT2D eigenvalue weighted by Gasteiger charge is -2.09. The molecule has 0 radical (unpaired) electrons. The molecule has 3 aromatic heterocycles. The van der Waals surface area contributed by atoms with Gasteiger partial charge in [0.25, 0.3) is 0 Å². The van der Waals surface area contributed by atoms with Gasteiger partial charge in [0.1, 0.15) is 11.5 Å².